The van der Waals surface area contributed by atoms with E-state index in [9.17, 15) is 13.2 Å². The number of nitrogens with one attached hydrogen (secondary N) is 1. The van der Waals surface area contributed by atoms with Gasteiger partial charge < -0.3 is 14.8 Å². The standard InChI is InChI=1S/C21H29ClN2O5S/c1-13(2)29-21(25)18-14(3)23-15(4)20(30(26,27)24(5)10-11-28-6)19(18)16-8-7-9-17(22)12-16/h7-9,12-13,19,23H,10-11H2,1-6H3. The van der Waals surface area contributed by atoms with Gasteiger partial charge in [0.2, 0.25) is 10.0 Å². The highest BCUT2D eigenvalue weighted by Gasteiger charge is 2.41. The summed E-state index contributed by atoms with van der Waals surface area (Å²) in [7, 11) is -0.932. The highest BCUT2D eigenvalue weighted by atomic mass is 35.5. The van der Waals surface area contributed by atoms with Crippen molar-refractivity contribution in [3.8, 4) is 0 Å². The van der Waals surface area contributed by atoms with Gasteiger partial charge in [-0.2, -0.15) is 4.31 Å². The van der Waals surface area contributed by atoms with Crippen LogP contribution in [0.25, 0.3) is 0 Å². The van der Waals surface area contributed by atoms with Crippen LogP contribution in [0.15, 0.2) is 46.1 Å². The lowest BCUT2D eigenvalue weighted by molar-refractivity contribution is -0.143. The minimum absolute atomic E-state index is 0.0877. The molecule has 7 nitrogen and oxygen atoms in total. The third-order valence-corrected chi connectivity index (χ3v) is 7.08. The second-order valence-corrected chi connectivity index (χ2v) is 9.86. The number of hydrogen-bond donors (Lipinski definition) is 1. The first-order valence-corrected chi connectivity index (χ1v) is 11.4. The number of esters is 1. The Labute approximate surface area is 183 Å². The van der Waals surface area contributed by atoms with Gasteiger partial charge in [0.05, 0.1) is 29.1 Å². The van der Waals surface area contributed by atoms with Gasteiger partial charge in [-0.25, -0.2) is 13.2 Å². The molecule has 0 aliphatic carbocycles. The number of dihydropyridines is 1. The topological polar surface area (TPSA) is 84.9 Å². The van der Waals surface area contributed by atoms with Crippen molar-refractivity contribution in [3.05, 3.63) is 56.7 Å². The lowest BCUT2D eigenvalue weighted by atomic mass is 9.86. The molecule has 0 bridgehead atoms. The van der Waals surface area contributed by atoms with E-state index in [1.165, 1.54) is 18.5 Å². The van der Waals surface area contributed by atoms with Gasteiger partial charge in [0, 0.05) is 37.1 Å². The fourth-order valence-corrected chi connectivity index (χ4v) is 5.22. The van der Waals surface area contributed by atoms with Gasteiger partial charge in [0.15, 0.2) is 0 Å². The molecule has 0 spiro atoms. The number of nitrogens with zero attached hydrogens (tertiary/aromatic N) is 1. The van der Waals surface area contributed by atoms with Crippen LogP contribution in [0.5, 0.6) is 0 Å². The SMILES string of the molecule is COCCN(C)S(=O)(=O)C1=C(C)NC(C)=C(C(=O)OC(C)C)C1c1cccc(Cl)c1. The smallest absolute Gasteiger partial charge is 0.337 e. The largest absolute Gasteiger partial charge is 0.460 e. The summed E-state index contributed by atoms with van der Waals surface area (Å²) in [5.41, 5.74) is 1.83. The number of halogens is 1. The second-order valence-electron chi connectivity index (χ2n) is 7.41. The maximum Gasteiger partial charge on any atom is 0.337 e. The van der Waals surface area contributed by atoms with E-state index in [1.807, 2.05) is 0 Å². The molecule has 30 heavy (non-hydrogen) atoms. The Bertz CT molecular complexity index is 969. The number of carbonyl (C=O) groups excluding carboxylic acids is 1. The Kier molecular flexibility index (Phi) is 8.10. The molecule has 0 aromatic heterocycles. The summed E-state index contributed by atoms with van der Waals surface area (Å²) in [6.07, 6.45) is -0.353. The van der Waals surface area contributed by atoms with Crippen LogP contribution >= 0.6 is 11.6 Å². The molecule has 1 heterocycles. The van der Waals surface area contributed by atoms with Gasteiger partial charge in [0.1, 0.15) is 0 Å². The summed E-state index contributed by atoms with van der Waals surface area (Å²) in [4.78, 5) is 13.1. The third kappa shape index (κ3) is 5.24. The third-order valence-electron chi connectivity index (χ3n) is 4.74. The summed E-state index contributed by atoms with van der Waals surface area (Å²) in [5, 5.41) is 3.50. The molecular weight excluding hydrogens is 428 g/mol. The first kappa shape index (κ1) is 24.4. The monoisotopic (exact) mass is 456 g/mol. The van der Waals surface area contributed by atoms with Crippen LogP contribution in [-0.2, 0) is 24.3 Å². The van der Waals surface area contributed by atoms with Crippen LogP contribution < -0.4 is 5.32 Å². The fourth-order valence-electron chi connectivity index (χ4n) is 3.38. The number of methoxy groups -OCH3 is 1. The highest BCUT2D eigenvalue weighted by molar-refractivity contribution is 7.93. The molecule has 1 aliphatic heterocycles. The fraction of sp³-hybridized carbons (Fsp3) is 0.476. The van der Waals surface area contributed by atoms with Crippen LogP contribution in [0.2, 0.25) is 5.02 Å². The first-order valence-electron chi connectivity index (χ1n) is 9.61. The van der Waals surface area contributed by atoms with Crippen molar-refractivity contribution in [3.63, 3.8) is 0 Å². The number of ether oxygens (including phenoxy) is 2. The van der Waals surface area contributed by atoms with Crippen molar-refractivity contribution < 1.29 is 22.7 Å². The zero-order valence-electron chi connectivity index (χ0n) is 18.2. The number of sulfonamides is 1. The minimum atomic E-state index is -3.93. The van der Waals surface area contributed by atoms with Gasteiger partial charge in [-0.05, 0) is 45.4 Å². The van der Waals surface area contributed by atoms with E-state index in [2.05, 4.69) is 5.32 Å². The quantitative estimate of drug-likeness (QED) is 0.603. The van der Waals surface area contributed by atoms with Gasteiger partial charge in [0.25, 0.3) is 0 Å². The summed E-state index contributed by atoms with van der Waals surface area (Å²) in [6.45, 7) is 7.32. The van der Waals surface area contributed by atoms with Gasteiger partial charge >= 0.3 is 5.97 Å². The molecule has 1 N–H and O–H groups in total. The van der Waals surface area contributed by atoms with Crippen molar-refractivity contribution in [1.29, 1.82) is 0 Å². The molecule has 0 saturated carbocycles. The number of benzene rings is 1. The van der Waals surface area contributed by atoms with Crippen molar-refractivity contribution in [2.24, 2.45) is 0 Å². The van der Waals surface area contributed by atoms with Crippen LogP contribution in [0, 0.1) is 0 Å². The maximum atomic E-state index is 13.5. The van der Waals surface area contributed by atoms with E-state index in [4.69, 9.17) is 21.1 Å². The second kappa shape index (κ2) is 9.96. The molecule has 1 aromatic carbocycles. The lowest BCUT2D eigenvalue weighted by Gasteiger charge is -2.33. The molecule has 166 valence electrons. The van der Waals surface area contributed by atoms with Crippen LogP contribution in [0.1, 0.15) is 39.2 Å². The summed E-state index contributed by atoms with van der Waals surface area (Å²) in [6, 6.07) is 6.86. The zero-order valence-corrected chi connectivity index (χ0v) is 19.7. The summed E-state index contributed by atoms with van der Waals surface area (Å²) in [5.74, 6) is -1.43. The average molecular weight is 457 g/mol. The Hall–Kier alpha value is -1.87. The van der Waals surface area contributed by atoms with Crippen molar-refractivity contribution in [1.82, 2.24) is 9.62 Å². The molecular formula is C21H29ClN2O5S. The minimum Gasteiger partial charge on any atom is -0.460 e. The average Bonchev–Trinajstić information content (AvgIpc) is 2.64. The summed E-state index contributed by atoms with van der Waals surface area (Å²) >= 11 is 6.20. The lowest BCUT2D eigenvalue weighted by Crippen LogP contribution is -2.38. The Morgan fingerprint density at radius 1 is 1.27 bits per heavy atom. The van der Waals surface area contributed by atoms with E-state index in [0.717, 1.165) is 0 Å². The van der Waals surface area contributed by atoms with Crippen LogP contribution in [-0.4, -0.2) is 52.1 Å². The molecule has 1 aromatic rings. The maximum absolute atomic E-state index is 13.5. The van der Waals surface area contributed by atoms with E-state index in [0.29, 0.717) is 22.0 Å². The van der Waals surface area contributed by atoms with Gasteiger partial charge in [-0.3, -0.25) is 0 Å². The molecule has 0 fully saturated rings. The first-order chi connectivity index (χ1) is 14.0. The molecule has 0 radical (unpaired) electrons. The van der Waals surface area contributed by atoms with Crippen LogP contribution in [0.4, 0.5) is 0 Å². The van der Waals surface area contributed by atoms with E-state index in [-0.39, 0.29) is 29.7 Å². The van der Waals surface area contributed by atoms with Crippen molar-refractivity contribution in [2.75, 3.05) is 27.3 Å². The number of rotatable bonds is 8. The Balaban J connectivity index is 2.70. The van der Waals surface area contributed by atoms with Crippen molar-refractivity contribution in [2.45, 2.75) is 39.7 Å². The molecule has 1 unspecified atom stereocenters. The van der Waals surface area contributed by atoms with Gasteiger partial charge in [-0.15, -0.1) is 0 Å². The number of hydrogen-bond acceptors (Lipinski definition) is 6. The number of carbonyl (C=O) groups is 1. The van der Waals surface area contributed by atoms with Crippen molar-refractivity contribution >= 4 is 27.6 Å². The zero-order chi connectivity index (χ0) is 22.6. The highest BCUT2D eigenvalue weighted by Crippen LogP contribution is 2.42. The van der Waals surface area contributed by atoms with E-state index < -0.39 is 21.9 Å². The number of likely N-dealkylation sites (N-methyl/N-ethyl adjacent to an activating group) is 1. The molecule has 1 aliphatic rings. The molecule has 1 atom stereocenters. The Morgan fingerprint density at radius 3 is 2.50 bits per heavy atom. The molecule has 0 amide bonds. The number of allylic oxidation sites excluding steroid dienone is 3. The van der Waals surface area contributed by atoms with Gasteiger partial charge in [-0.1, -0.05) is 23.7 Å². The molecule has 9 heteroatoms. The molecule has 0 saturated heterocycles. The normalized spacial score (nSPS) is 17.6. The molecule has 2 rings (SSSR count). The predicted molar refractivity (Wildman–Crippen MR) is 117 cm³/mol. The summed E-state index contributed by atoms with van der Waals surface area (Å²) < 4.78 is 38.8. The van der Waals surface area contributed by atoms with Crippen LogP contribution in [0.3, 0.4) is 0 Å². The van der Waals surface area contributed by atoms with E-state index in [1.54, 1.807) is 52.0 Å². The van der Waals surface area contributed by atoms with E-state index >= 15 is 0 Å². The Morgan fingerprint density at radius 2 is 1.93 bits per heavy atom. The predicted octanol–water partition coefficient (Wildman–Crippen LogP) is 3.39.